The van der Waals surface area contributed by atoms with E-state index in [0.717, 1.165) is 69.4 Å². The molecule has 2 aromatic rings. The normalized spacial score (nSPS) is 22.8. The van der Waals surface area contributed by atoms with Gasteiger partial charge in [0.1, 0.15) is 17.7 Å². The standard InChI is InChI=1S/C29H38FN3O4/c30-24-10-5-9-23(26(24)25-11-2-4-18-37-25)27(29(34)35)33-16-14-22(19-33)36-17-3-1-8-21-13-12-20-7-6-15-31-28(20)32-21/h5,9-10,12-13,22,25,27H,1-4,6-8,11,14-19H2,(H,31,32)(H,34,35)/t22-,25-,27+/m1/s1. The Bertz CT molecular complexity index is 1080. The fourth-order valence-electron chi connectivity index (χ4n) is 5.88. The summed E-state index contributed by atoms with van der Waals surface area (Å²) in [6.45, 7) is 3.34. The summed E-state index contributed by atoms with van der Waals surface area (Å²) < 4.78 is 26.9. The molecule has 37 heavy (non-hydrogen) atoms. The summed E-state index contributed by atoms with van der Waals surface area (Å²) >= 11 is 0. The number of aryl methyl sites for hydroxylation is 2. The lowest BCUT2D eigenvalue weighted by atomic mass is 9.91. The van der Waals surface area contributed by atoms with Crippen LogP contribution >= 0.6 is 0 Å². The molecule has 0 unspecified atom stereocenters. The number of likely N-dealkylation sites (tertiary alicyclic amines) is 1. The van der Waals surface area contributed by atoms with E-state index in [0.29, 0.717) is 43.9 Å². The summed E-state index contributed by atoms with van der Waals surface area (Å²) in [5.74, 6) is -0.308. The Morgan fingerprint density at radius 2 is 2.14 bits per heavy atom. The summed E-state index contributed by atoms with van der Waals surface area (Å²) in [7, 11) is 0. The number of benzene rings is 1. The van der Waals surface area contributed by atoms with Gasteiger partial charge in [-0.3, -0.25) is 9.69 Å². The Balaban J connectivity index is 1.13. The molecule has 8 heteroatoms. The van der Waals surface area contributed by atoms with Gasteiger partial charge in [-0.2, -0.15) is 0 Å². The molecule has 0 bridgehead atoms. The second-order valence-electron chi connectivity index (χ2n) is 10.4. The zero-order valence-electron chi connectivity index (χ0n) is 21.5. The molecule has 0 radical (unpaired) electrons. The van der Waals surface area contributed by atoms with E-state index in [-0.39, 0.29) is 18.0 Å². The molecule has 0 spiro atoms. The number of aromatic nitrogens is 1. The van der Waals surface area contributed by atoms with Gasteiger partial charge >= 0.3 is 5.97 Å². The minimum Gasteiger partial charge on any atom is -0.480 e. The van der Waals surface area contributed by atoms with E-state index in [9.17, 15) is 14.3 Å². The number of aliphatic carboxylic acids is 1. The fraction of sp³-hybridized carbons (Fsp3) is 0.586. The lowest BCUT2D eigenvalue weighted by Gasteiger charge is -2.30. The molecular formula is C29H38FN3O4. The second-order valence-corrected chi connectivity index (χ2v) is 10.4. The van der Waals surface area contributed by atoms with Crippen LogP contribution in [0.3, 0.4) is 0 Å². The van der Waals surface area contributed by atoms with Gasteiger partial charge in [0.15, 0.2) is 0 Å². The molecule has 3 aliphatic heterocycles. The van der Waals surface area contributed by atoms with Gasteiger partial charge in [0.2, 0.25) is 0 Å². The molecule has 1 aromatic carbocycles. The first-order valence-corrected chi connectivity index (χ1v) is 13.8. The van der Waals surface area contributed by atoms with Crippen LogP contribution in [0.4, 0.5) is 10.2 Å². The van der Waals surface area contributed by atoms with Crippen molar-refractivity contribution in [3.8, 4) is 0 Å². The number of nitrogens with one attached hydrogen (secondary N) is 1. The Kier molecular flexibility index (Phi) is 8.69. The van der Waals surface area contributed by atoms with E-state index < -0.39 is 12.0 Å². The van der Waals surface area contributed by atoms with Crippen LogP contribution in [0.15, 0.2) is 30.3 Å². The van der Waals surface area contributed by atoms with Crippen LogP contribution < -0.4 is 5.32 Å². The molecule has 2 N–H and O–H groups in total. The second kappa shape index (κ2) is 12.3. The van der Waals surface area contributed by atoms with Gasteiger partial charge in [-0.1, -0.05) is 18.2 Å². The molecule has 0 aliphatic carbocycles. The number of hydrogen-bond donors (Lipinski definition) is 2. The maximum Gasteiger partial charge on any atom is 0.325 e. The highest BCUT2D eigenvalue weighted by Gasteiger charge is 2.37. The van der Waals surface area contributed by atoms with Crippen LogP contribution in [0.2, 0.25) is 0 Å². The summed E-state index contributed by atoms with van der Waals surface area (Å²) in [4.78, 5) is 19.1. The highest BCUT2D eigenvalue weighted by Crippen LogP contribution is 2.37. The van der Waals surface area contributed by atoms with E-state index in [1.54, 1.807) is 12.1 Å². The Morgan fingerprint density at radius 1 is 1.22 bits per heavy atom. The number of carboxylic acids is 1. The highest BCUT2D eigenvalue weighted by molar-refractivity contribution is 5.76. The number of unbranched alkanes of at least 4 members (excludes halogenated alkanes) is 1. The van der Waals surface area contributed by atoms with Crippen molar-refractivity contribution in [3.05, 3.63) is 58.5 Å². The molecule has 0 saturated carbocycles. The number of rotatable bonds is 10. The molecule has 7 nitrogen and oxygen atoms in total. The number of fused-ring (bicyclic) bond motifs is 1. The van der Waals surface area contributed by atoms with Gasteiger partial charge in [0, 0.05) is 44.1 Å². The predicted octanol–water partition coefficient (Wildman–Crippen LogP) is 5.06. The first-order chi connectivity index (χ1) is 18.1. The van der Waals surface area contributed by atoms with Crippen LogP contribution in [0, 0.1) is 5.82 Å². The summed E-state index contributed by atoms with van der Waals surface area (Å²) in [5, 5.41) is 13.5. The van der Waals surface area contributed by atoms with Crippen LogP contribution in [-0.4, -0.2) is 59.9 Å². The van der Waals surface area contributed by atoms with Crippen molar-refractivity contribution in [2.75, 3.05) is 38.2 Å². The van der Waals surface area contributed by atoms with Gasteiger partial charge < -0.3 is 19.9 Å². The van der Waals surface area contributed by atoms with Gasteiger partial charge in [-0.15, -0.1) is 0 Å². The van der Waals surface area contributed by atoms with Crippen LogP contribution in [0.5, 0.6) is 0 Å². The van der Waals surface area contributed by atoms with Crippen molar-refractivity contribution in [1.29, 1.82) is 0 Å². The Labute approximate surface area is 218 Å². The number of anilines is 1. The van der Waals surface area contributed by atoms with E-state index >= 15 is 0 Å². The molecule has 3 atom stereocenters. The molecule has 5 rings (SSSR count). The molecule has 0 amide bonds. The minimum absolute atomic E-state index is 0.0177. The van der Waals surface area contributed by atoms with Crippen molar-refractivity contribution in [2.24, 2.45) is 0 Å². The first kappa shape index (κ1) is 26.1. The molecule has 1 aromatic heterocycles. The van der Waals surface area contributed by atoms with Gasteiger partial charge in [-0.25, -0.2) is 9.37 Å². The van der Waals surface area contributed by atoms with Gasteiger partial charge in [0.25, 0.3) is 0 Å². The summed E-state index contributed by atoms with van der Waals surface area (Å²) in [6.07, 6.45) is 8.08. The lowest BCUT2D eigenvalue weighted by molar-refractivity contribution is -0.143. The number of carboxylic acid groups (broad SMARTS) is 1. The van der Waals surface area contributed by atoms with Crippen LogP contribution in [0.1, 0.15) is 79.5 Å². The fourth-order valence-corrected chi connectivity index (χ4v) is 5.88. The number of halogens is 1. The van der Waals surface area contributed by atoms with E-state index in [1.165, 1.54) is 11.6 Å². The van der Waals surface area contributed by atoms with Crippen molar-refractivity contribution >= 4 is 11.8 Å². The topological polar surface area (TPSA) is 83.9 Å². The van der Waals surface area contributed by atoms with Crippen molar-refractivity contribution < 1.29 is 23.8 Å². The quantitative estimate of drug-likeness (QED) is 0.432. The SMILES string of the molecule is O=C(O)[C@H](c1cccc(F)c1[C@H]1CCCCO1)N1CC[C@@H](OCCCCc2ccc3c(n2)NCCC3)C1. The highest BCUT2D eigenvalue weighted by atomic mass is 19.1. The average molecular weight is 512 g/mol. The minimum atomic E-state index is -0.963. The zero-order valence-corrected chi connectivity index (χ0v) is 21.5. The van der Waals surface area contributed by atoms with Crippen LogP contribution in [0.25, 0.3) is 0 Å². The number of pyridine rings is 1. The Morgan fingerprint density at radius 3 is 2.97 bits per heavy atom. The Hall–Kier alpha value is -2.55. The van der Waals surface area contributed by atoms with Gasteiger partial charge in [0.05, 0.1) is 12.2 Å². The van der Waals surface area contributed by atoms with E-state index in [4.69, 9.17) is 14.5 Å². The summed E-state index contributed by atoms with van der Waals surface area (Å²) in [6, 6.07) is 8.16. The molecule has 200 valence electrons. The maximum absolute atomic E-state index is 14.9. The van der Waals surface area contributed by atoms with Crippen molar-refractivity contribution in [2.45, 2.75) is 76.0 Å². The largest absolute Gasteiger partial charge is 0.480 e. The van der Waals surface area contributed by atoms with E-state index in [1.807, 2.05) is 4.90 Å². The molecule has 4 heterocycles. The number of ether oxygens (including phenoxy) is 2. The molecule has 2 fully saturated rings. The molecule has 3 aliphatic rings. The summed E-state index contributed by atoms with van der Waals surface area (Å²) in [5.41, 5.74) is 3.33. The van der Waals surface area contributed by atoms with Crippen LogP contribution in [-0.2, 0) is 27.1 Å². The van der Waals surface area contributed by atoms with Gasteiger partial charge in [-0.05, 0) is 81.0 Å². The zero-order chi connectivity index (χ0) is 25.6. The molecule has 2 saturated heterocycles. The lowest BCUT2D eigenvalue weighted by Crippen LogP contribution is -2.35. The van der Waals surface area contributed by atoms with E-state index in [2.05, 4.69) is 17.4 Å². The van der Waals surface area contributed by atoms with Crippen molar-refractivity contribution in [1.82, 2.24) is 9.88 Å². The monoisotopic (exact) mass is 511 g/mol. The average Bonchev–Trinajstić information content (AvgIpc) is 3.37. The molecular weight excluding hydrogens is 473 g/mol. The van der Waals surface area contributed by atoms with Crippen molar-refractivity contribution in [3.63, 3.8) is 0 Å². The smallest absolute Gasteiger partial charge is 0.325 e. The third-order valence-corrected chi connectivity index (χ3v) is 7.79. The third kappa shape index (κ3) is 6.30. The maximum atomic E-state index is 14.9. The first-order valence-electron chi connectivity index (χ1n) is 13.8. The number of nitrogens with zero attached hydrogens (tertiary/aromatic N) is 2. The number of hydrogen-bond acceptors (Lipinski definition) is 6. The number of carbonyl (C=O) groups is 1. The third-order valence-electron chi connectivity index (χ3n) is 7.79. The predicted molar refractivity (Wildman–Crippen MR) is 139 cm³/mol.